The number of nitrogens with one attached hydrogen (secondary N) is 1. The molecule has 1 aromatic rings. The number of nitrogens with zero attached hydrogens (tertiary/aromatic N) is 3. The summed E-state index contributed by atoms with van der Waals surface area (Å²) in [5, 5.41) is 0. The molecule has 0 radical (unpaired) electrons. The number of hydrogen-bond donors (Lipinski definition) is 1. The quantitative estimate of drug-likeness (QED) is 0.244. The summed E-state index contributed by atoms with van der Waals surface area (Å²) in [6.07, 6.45) is 2.34. The van der Waals surface area contributed by atoms with E-state index in [1.54, 1.807) is 17.7 Å². The first-order valence-electron chi connectivity index (χ1n) is 11.3. The molecule has 2 aliphatic rings. The van der Waals surface area contributed by atoms with Gasteiger partial charge in [0, 0.05) is 31.6 Å². The fourth-order valence-electron chi connectivity index (χ4n) is 4.28. The number of rotatable bonds is 9. The molecule has 8 nitrogen and oxygen atoms in total. The maximum Gasteiger partial charge on any atom is 0.260 e. The highest BCUT2D eigenvalue weighted by molar-refractivity contribution is 7.71. The summed E-state index contributed by atoms with van der Waals surface area (Å²) in [7, 11) is -1.46. The predicted octanol–water partition coefficient (Wildman–Crippen LogP) is 4.72. The number of aryl methyl sites for hydroxylation is 1. The van der Waals surface area contributed by atoms with Crippen molar-refractivity contribution in [3.63, 3.8) is 0 Å². The highest BCUT2D eigenvalue weighted by Gasteiger charge is 2.55. The summed E-state index contributed by atoms with van der Waals surface area (Å²) in [4.78, 5) is 18.0. The van der Waals surface area contributed by atoms with E-state index in [0.717, 1.165) is 0 Å². The molecule has 1 saturated carbocycles. The molecule has 2 heterocycles. The predicted molar refractivity (Wildman–Crippen MR) is 123 cm³/mol. The van der Waals surface area contributed by atoms with Crippen molar-refractivity contribution >= 4 is 20.7 Å². The summed E-state index contributed by atoms with van der Waals surface area (Å²) >= 11 is 5.38. The number of aromatic amines is 1. The zero-order chi connectivity index (χ0) is 23.6. The van der Waals surface area contributed by atoms with E-state index in [1.165, 1.54) is 0 Å². The van der Waals surface area contributed by atoms with Crippen molar-refractivity contribution in [2.75, 3.05) is 13.2 Å². The van der Waals surface area contributed by atoms with Crippen LogP contribution in [0, 0.1) is 18.3 Å². The van der Waals surface area contributed by atoms with Gasteiger partial charge in [0.15, 0.2) is 4.77 Å². The van der Waals surface area contributed by atoms with Crippen LogP contribution < -0.4 is 5.56 Å². The number of H-pyrrole nitrogens is 1. The SMILES string of the molecule is [2H]C1CC[C@]2(OP(OCC[N+]#[C-])N(C(C)C)C(C)C)C[C@H](n3cc(C)c(=O)[nH]c3=S)O[C@H]12. The van der Waals surface area contributed by atoms with Crippen LogP contribution in [-0.4, -0.2) is 51.2 Å². The van der Waals surface area contributed by atoms with Crippen molar-refractivity contribution < 1.29 is 15.2 Å². The molecule has 31 heavy (non-hydrogen) atoms. The molecule has 1 aliphatic carbocycles. The van der Waals surface area contributed by atoms with E-state index in [-0.39, 0.29) is 24.2 Å². The van der Waals surface area contributed by atoms with E-state index in [1.807, 2.05) is 0 Å². The summed E-state index contributed by atoms with van der Waals surface area (Å²) < 4.78 is 32.1. The maximum atomic E-state index is 11.9. The lowest BCUT2D eigenvalue weighted by Gasteiger charge is -2.40. The molecular formula is C21H33N4O4PS. The second-order valence-corrected chi connectivity index (χ2v) is 10.4. The Bertz CT molecular complexity index is 956. The molecule has 2 fully saturated rings. The smallest absolute Gasteiger partial charge is 0.260 e. The van der Waals surface area contributed by atoms with Gasteiger partial charge in [0.1, 0.15) is 18.4 Å². The second-order valence-electron chi connectivity index (χ2n) is 8.64. The molecule has 172 valence electrons. The molecule has 2 unspecified atom stereocenters. The van der Waals surface area contributed by atoms with Gasteiger partial charge in [0.05, 0.1) is 6.10 Å². The zero-order valence-corrected chi connectivity index (χ0v) is 20.5. The number of ether oxygens (including phenoxy) is 1. The maximum absolute atomic E-state index is 11.9. The Morgan fingerprint density at radius 1 is 1.52 bits per heavy atom. The molecule has 0 amide bonds. The Kier molecular flexibility index (Phi) is 7.58. The molecular weight excluding hydrogens is 435 g/mol. The van der Waals surface area contributed by atoms with Gasteiger partial charge in [-0.1, -0.05) is 0 Å². The Hall–Kier alpha value is -1.14. The first-order valence-corrected chi connectivity index (χ1v) is 12.3. The highest BCUT2D eigenvalue weighted by Crippen LogP contribution is 2.58. The topological polar surface area (TPSA) is 73.1 Å². The van der Waals surface area contributed by atoms with Crippen LogP contribution in [0.15, 0.2) is 11.0 Å². The van der Waals surface area contributed by atoms with Gasteiger partial charge >= 0.3 is 0 Å². The highest BCUT2D eigenvalue weighted by atomic mass is 32.1. The van der Waals surface area contributed by atoms with Crippen molar-refractivity contribution in [2.24, 2.45) is 0 Å². The van der Waals surface area contributed by atoms with Crippen LogP contribution in [-0.2, 0) is 13.8 Å². The van der Waals surface area contributed by atoms with Gasteiger partial charge in [0.25, 0.3) is 14.1 Å². The minimum atomic E-state index is -1.46. The third-order valence-corrected chi connectivity index (χ3v) is 8.20. The van der Waals surface area contributed by atoms with Crippen molar-refractivity contribution in [1.82, 2.24) is 14.2 Å². The second kappa shape index (κ2) is 10.2. The number of fused-ring (bicyclic) bond motifs is 1. The first kappa shape index (κ1) is 23.0. The van der Waals surface area contributed by atoms with Crippen LogP contribution in [0.4, 0.5) is 0 Å². The monoisotopic (exact) mass is 469 g/mol. The lowest BCUT2D eigenvalue weighted by molar-refractivity contribution is -0.0356. The molecule has 1 N–H and O–H groups in total. The lowest BCUT2D eigenvalue weighted by Crippen LogP contribution is -2.40. The Morgan fingerprint density at radius 2 is 2.23 bits per heavy atom. The van der Waals surface area contributed by atoms with Crippen molar-refractivity contribution in [2.45, 2.75) is 90.3 Å². The van der Waals surface area contributed by atoms with Crippen molar-refractivity contribution in [3.05, 3.63) is 38.3 Å². The summed E-state index contributed by atoms with van der Waals surface area (Å²) in [5.41, 5.74) is -0.343. The average molecular weight is 470 g/mol. The molecule has 1 aliphatic heterocycles. The van der Waals surface area contributed by atoms with Gasteiger partial charge < -0.3 is 18.6 Å². The van der Waals surface area contributed by atoms with E-state index in [0.29, 0.717) is 36.2 Å². The Morgan fingerprint density at radius 3 is 2.87 bits per heavy atom. The third-order valence-electron chi connectivity index (χ3n) is 5.66. The number of aromatic nitrogens is 2. The largest absolute Gasteiger partial charge is 0.352 e. The fraction of sp³-hybridized carbons (Fsp3) is 0.762. The standard InChI is InChI=1S/C21H33N4O4PS/c1-14(2)25(15(3)4)30(27-11-10-22-6)29-21-9-7-8-17(21)28-18(12-21)24-13-16(5)19(26)23-20(24)31/h13-15,17-18H,7-12H2,1-5H3,(H,23,26,31)/t17-,18-,21+,30?/m1/s1/i8D/t8?,17-,18-,21+,30?. The molecule has 1 aromatic heterocycles. The van der Waals surface area contributed by atoms with Crippen LogP contribution in [0.3, 0.4) is 0 Å². The Balaban J connectivity index is 1.92. The van der Waals surface area contributed by atoms with Gasteiger partial charge in [-0.25, -0.2) is 11.2 Å². The zero-order valence-electron chi connectivity index (χ0n) is 19.8. The number of hydrogen-bond acceptors (Lipinski definition) is 6. The molecule has 10 heteroatoms. The van der Waals surface area contributed by atoms with Crippen molar-refractivity contribution in [3.8, 4) is 0 Å². The van der Waals surface area contributed by atoms with Crippen LogP contribution in [0.25, 0.3) is 4.85 Å². The molecule has 0 bridgehead atoms. The van der Waals surface area contributed by atoms with Gasteiger partial charge in [-0.3, -0.25) is 14.3 Å². The van der Waals surface area contributed by atoms with E-state index < -0.39 is 32.9 Å². The van der Waals surface area contributed by atoms with Crippen LogP contribution in [0.1, 0.15) is 66.5 Å². The minimum absolute atomic E-state index is 0.186. The molecule has 0 aromatic carbocycles. The molecule has 5 atom stereocenters. The third kappa shape index (κ3) is 5.27. The Labute approximate surface area is 192 Å². The van der Waals surface area contributed by atoms with Crippen LogP contribution in [0.2, 0.25) is 0 Å². The summed E-state index contributed by atoms with van der Waals surface area (Å²) in [6, 6.07) is 0.372. The minimum Gasteiger partial charge on any atom is -0.352 e. The fourth-order valence-corrected chi connectivity index (χ4v) is 6.40. The van der Waals surface area contributed by atoms with Gasteiger partial charge in [-0.05, 0) is 66.1 Å². The van der Waals surface area contributed by atoms with Crippen LogP contribution >= 0.6 is 20.7 Å². The van der Waals surface area contributed by atoms with E-state index in [9.17, 15) is 4.79 Å². The normalized spacial score (nSPS) is 29.4. The first-order chi connectivity index (χ1) is 15.1. The van der Waals surface area contributed by atoms with Gasteiger partial charge in [-0.2, -0.15) is 0 Å². The van der Waals surface area contributed by atoms with Crippen molar-refractivity contribution in [1.29, 1.82) is 0 Å². The molecule has 3 rings (SSSR count). The molecule has 1 saturated heterocycles. The van der Waals surface area contributed by atoms with E-state index in [2.05, 4.69) is 42.2 Å². The van der Waals surface area contributed by atoms with E-state index in [4.69, 9.17) is 33.9 Å². The summed E-state index contributed by atoms with van der Waals surface area (Å²) in [5.74, 6) is 0. The molecule has 0 spiro atoms. The lowest BCUT2D eigenvalue weighted by atomic mass is 9.98. The van der Waals surface area contributed by atoms with E-state index >= 15 is 0 Å². The summed E-state index contributed by atoms with van der Waals surface area (Å²) in [6.45, 7) is 17.8. The van der Waals surface area contributed by atoms with Crippen LogP contribution in [0.5, 0.6) is 0 Å². The average Bonchev–Trinajstić information content (AvgIpc) is 3.21. The van der Waals surface area contributed by atoms with Gasteiger partial charge in [0.2, 0.25) is 6.54 Å². The van der Waals surface area contributed by atoms with Gasteiger partial charge in [-0.15, -0.1) is 0 Å².